The normalized spacial score (nSPS) is 12.5. The first-order valence-corrected chi connectivity index (χ1v) is 18.0. The van der Waals surface area contributed by atoms with Gasteiger partial charge >= 0.3 is 0 Å². The molecule has 0 fully saturated rings. The summed E-state index contributed by atoms with van der Waals surface area (Å²) < 4.78 is 5.09. The molecule has 0 atom stereocenters. The number of hydrogen-bond acceptors (Lipinski definition) is 2. The van der Waals surface area contributed by atoms with Crippen molar-refractivity contribution in [1.82, 2.24) is 9.55 Å². The Labute approximate surface area is 295 Å². The molecule has 0 unspecified atom stereocenters. The van der Waals surface area contributed by atoms with Crippen LogP contribution in [0.15, 0.2) is 140 Å². The molecule has 0 aliphatic carbocycles. The van der Waals surface area contributed by atoms with Gasteiger partial charge in [0.15, 0.2) is 0 Å². The van der Waals surface area contributed by atoms with E-state index in [4.69, 9.17) is 4.98 Å². The van der Waals surface area contributed by atoms with Crippen molar-refractivity contribution in [1.29, 1.82) is 0 Å². The predicted molar refractivity (Wildman–Crippen MR) is 227 cm³/mol. The fourth-order valence-corrected chi connectivity index (χ4v) is 8.60. The van der Waals surface area contributed by atoms with Gasteiger partial charge < -0.3 is 0 Å². The van der Waals surface area contributed by atoms with Crippen LogP contribution in [-0.4, -0.2) is 48.8 Å². The maximum absolute atomic E-state index is 5.35. The molecule has 0 N–H and O–H groups in total. The van der Waals surface area contributed by atoms with Crippen molar-refractivity contribution >= 4 is 103 Å². The molecule has 2 heterocycles. The average molecular weight is 640 g/mol. The lowest BCUT2D eigenvalue weighted by atomic mass is 9.23. The molecule has 49 heavy (non-hydrogen) atoms. The Morgan fingerprint density at radius 1 is 0.510 bits per heavy atom. The molecule has 0 aliphatic heterocycles. The molecule has 0 spiro atoms. The van der Waals surface area contributed by atoms with E-state index in [2.05, 4.69) is 183 Å². The van der Waals surface area contributed by atoms with Gasteiger partial charge in [0.2, 0.25) is 0 Å². The van der Waals surface area contributed by atoms with Gasteiger partial charge in [-0.15, -0.1) is 16.4 Å². The molecule has 0 bridgehead atoms. The van der Waals surface area contributed by atoms with Crippen molar-refractivity contribution in [3.8, 4) is 27.9 Å². The Bertz CT molecular complexity index is 2700. The zero-order valence-electron chi connectivity index (χ0n) is 28.6. The summed E-state index contributed by atoms with van der Waals surface area (Å²) in [4.78, 5) is 5.35. The highest BCUT2D eigenvalue weighted by Gasteiger charge is 2.39. The fourth-order valence-electron chi connectivity index (χ4n) is 7.52. The van der Waals surface area contributed by atoms with Gasteiger partial charge in [-0.25, -0.2) is 4.98 Å². The first-order chi connectivity index (χ1) is 23.7. The van der Waals surface area contributed by atoms with Crippen LogP contribution in [0.1, 0.15) is 5.82 Å². The van der Waals surface area contributed by atoms with E-state index in [9.17, 15) is 0 Å². The summed E-state index contributed by atoms with van der Waals surface area (Å²) in [5.41, 5.74) is 8.29. The number of aromatic nitrogens is 2. The number of fused-ring (bicyclic) bond motifs is 6. The quantitative estimate of drug-likeness (QED) is 0.157. The molecule has 8 heteroatoms. The topological polar surface area (TPSA) is 17.8 Å². The Morgan fingerprint density at radius 3 is 1.76 bits per heavy atom. The van der Waals surface area contributed by atoms with E-state index in [1.165, 1.54) is 64.0 Å². The molecular formula is C41H33B5N2S. The predicted octanol–water partition coefficient (Wildman–Crippen LogP) is 6.43. The molecule has 0 radical (unpaired) electrons. The number of imidazole rings is 1. The number of benzene rings is 7. The zero-order valence-corrected chi connectivity index (χ0v) is 29.4. The number of rotatable bonds is 5. The van der Waals surface area contributed by atoms with Crippen molar-refractivity contribution in [2.75, 3.05) is 0 Å². The van der Waals surface area contributed by atoms with E-state index < -0.39 is 0 Å². The third-order valence-electron chi connectivity index (χ3n) is 11.0. The monoisotopic (exact) mass is 640 g/mol. The highest BCUT2D eigenvalue weighted by Crippen LogP contribution is 2.47. The van der Waals surface area contributed by atoms with E-state index in [-0.39, 0.29) is 10.3 Å². The van der Waals surface area contributed by atoms with Crippen LogP contribution in [-0.2, 0) is 5.21 Å². The zero-order chi connectivity index (χ0) is 33.5. The largest absolute Gasteiger partial charge is 0.296 e. The molecule has 2 nitrogen and oxygen atoms in total. The second-order valence-electron chi connectivity index (χ2n) is 14.8. The van der Waals surface area contributed by atoms with Crippen LogP contribution >= 0.6 is 11.3 Å². The molecule has 9 aromatic rings. The molecule has 0 saturated heterocycles. The number of nitrogens with zero attached hydrogens (tertiary/aromatic N) is 2. The first kappa shape index (κ1) is 30.2. The second kappa shape index (κ2) is 11.0. The van der Waals surface area contributed by atoms with Crippen LogP contribution in [0, 0.1) is 0 Å². The van der Waals surface area contributed by atoms with Crippen molar-refractivity contribution < 1.29 is 0 Å². The standard InChI is InChI=1S/C41H33B5N2S/c42-40(43,41(44,45)46)39-47-32-17-7-9-19-34(32)48(39)33-18-8-5-16-30(33)38-28-14-3-1-12-26(28)37(27-13-2-4-15-29(27)38)24-21-22-36-31(23-24)25-11-6-10-20-35(25)49-36/h1-23H,42-46H2. The van der Waals surface area contributed by atoms with Crippen molar-refractivity contribution in [3.05, 3.63) is 145 Å². The summed E-state index contributed by atoms with van der Waals surface area (Å²) in [5.74, 6) is 1.08. The summed E-state index contributed by atoms with van der Waals surface area (Å²) in [6, 6.07) is 51.3. The van der Waals surface area contributed by atoms with Gasteiger partial charge in [0.1, 0.15) is 21.5 Å². The Kier molecular flexibility index (Phi) is 6.80. The van der Waals surface area contributed by atoms with E-state index in [0.29, 0.717) is 0 Å². The summed E-state index contributed by atoms with van der Waals surface area (Å²) in [6.07, 6.45) is 0. The molecular weight excluding hydrogens is 607 g/mol. The Hall–Kier alpha value is -4.93. The molecule has 0 saturated carbocycles. The molecule has 2 aromatic heterocycles. The maximum Gasteiger partial charge on any atom is 0.106 e. The molecule has 9 rings (SSSR count). The van der Waals surface area contributed by atoms with E-state index >= 15 is 0 Å². The van der Waals surface area contributed by atoms with Crippen LogP contribution in [0.2, 0.25) is 5.11 Å². The lowest BCUT2D eigenvalue weighted by Crippen LogP contribution is -2.45. The van der Waals surface area contributed by atoms with Gasteiger partial charge in [-0.05, 0) is 79.8 Å². The third kappa shape index (κ3) is 4.57. The van der Waals surface area contributed by atoms with Gasteiger partial charge in [0.05, 0.1) is 40.3 Å². The van der Waals surface area contributed by atoms with E-state index in [1.807, 2.05) is 11.3 Å². The highest BCUT2D eigenvalue weighted by molar-refractivity contribution is 7.25. The number of para-hydroxylation sites is 3. The summed E-state index contributed by atoms with van der Waals surface area (Å²) >= 11 is 1.87. The smallest absolute Gasteiger partial charge is 0.106 e. The number of thiophene rings is 1. The summed E-state index contributed by atoms with van der Waals surface area (Å²) in [6.45, 7) is 0. The van der Waals surface area contributed by atoms with Crippen LogP contribution in [0.5, 0.6) is 0 Å². The summed E-state index contributed by atoms with van der Waals surface area (Å²) in [5, 5.41) is 7.44. The molecule has 0 aliphatic rings. The second-order valence-corrected chi connectivity index (χ2v) is 15.9. The SMILES string of the molecule is BC(B)(B)C(B)(B)c1nc2ccccc2n1-c1ccccc1-c1c2ccccc2c(-c2ccc3sc4ccccc4c3c2)c2ccccc12. The number of hydrogen-bond donors (Lipinski definition) is 0. The maximum atomic E-state index is 5.35. The van der Waals surface area contributed by atoms with Crippen LogP contribution in [0.3, 0.4) is 0 Å². The van der Waals surface area contributed by atoms with Gasteiger partial charge in [-0.3, -0.25) is 4.57 Å². The minimum atomic E-state index is -0.211. The van der Waals surface area contributed by atoms with Crippen molar-refractivity contribution in [3.63, 3.8) is 0 Å². The Balaban J connectivity index is 1.37. The van der Waals surface area contributed by atoms with Crippen LogP contribution in [0.25, 0.3) is 80.7 Å². The lowest BCUT2D eigenvalue weighted by molar-refractivity contribution is 0.757. The summed E-state index contributed by atoms with van der Waals surface area (Å²) in [7, 11) is 11.6. The van der Waals surface area contributed by atoms with Gasteiger partial charge in [-0.2, -0.15) is 0 Å². The fraction of sp³-hybridized carbons (Fsp3) is 0.0488. The molecule has 228 valence electrons. The first-order valence-electron chi connectivity index (χ1n) is 17.2. The minimum absolute atomic E-state index is 0.0169. The van der Waals surface area contributed by atoms with Gasteiger partial charge in [-0.1, -0.05) is 103 Å². The Morgan fingerprint density at radius 2 is 1.06 bits per heavy atom. The van der Waals surface area contributed by atoms with E-state index in [1.54, 1.807) is 0 Å². The minimum Gasteiger partial charge on any atom is -0.296 e. The lowest BCUT2D eigenvalue weighted by Gasteiger charge is -2.39. The van der Waals surface area contributed by atoms with Gasteiger partial charge in [0, 0.05) is 25.7 Å². The average Bonchev–Trinajstić information content (AvgIpc) is 3.69. The van der Waals surface area contributed by atoms with E-state index in [0.717, 1.165) is 22.5 Å². The van der Waals surface area contributed by atoms with Gasteiger partial charge in [0.25, 0.3) is 0 Å². The van der Waals surface area contributed by atoms with Crippen LogP contribution < -0.4 is 0 Å². The third-order valence-corrected chi connectivity index (χ3v) is 12.2. The molecule has 0 amide bonds. The molecule has 7 aromatic carbocycles. The van der Waals surface area contributed by atoms with Crippen molar-refractivity contribution in [2.24, 2.45) is 0 Å². The van der Waals surface area contributed by atoms with Crippen LogP contribution in [0.4, 0.5) is 0 Å². The highest BCUT2D eigenvalue weighted by atomic mass is 32.1. The van der Waals surface area contributed by atoms with Crippen molar-refractivity contribution in [2.45, 2.75) is 10.3 Å².